The topological polar surface area (TPSA) is 93.0 Å². The normalized spacial score (nSPS) is 11.4. The van der Waals surface area contributed by atoms with Crippen LogP contribution in [0.15, 0.2) is 58.8 Å². The van der Waals surface area contributed by atoms with Gasteiger partial charge in [0.15, 0.2) is 5.69 Å². The van der Waals surface area contributed by atoms with Crippen LogP contribution in [0.5, 0.6) is 5.88 Å². The molecule has 1 N–H and O–H groups in total. The Morgan fingerprint density at radius 1 is 1.12 bits per heavy atom. The molecular weight excluding hydrogens is 320 g/mol. The number of aromatic hydroxyl groups is 1. The van der Waals surface area contributed by atoms with Gasteiger partial charge in [-0.15, -0.1) is 5.11 Å². The van der Waals surface area contributed by atoms with Crippen LogP contribution in [-0.4, -0.2) is 14.6 Å². The number of azo groups is 1. The summed E-state index contributed by atoms with van der Waals surface area (Å²) >= 11 is 0. The van der Waals surface area contributed by atoms with E-state index in [1.165, 1.54) is 24.3 Å². The number of hydrogen-bond donors (Lipinski definition) is 1. The van der Waals surface area contributed by atoms with E-state index >= 15 is 0 Å². The molecule has 0 saturated heterocycles. The summed E-state index contributed by atoms with van der Waals surface area (Å²) in [5.74, 6) is 0.0836. The second-order valence-corrected chi connectivity index (χ2v) is 5.67. The number of non-ortho nitro benzene ring substituents is 1. The van der Waals surface area contributed by atoms with Crippen molar-refractivity contribution in [1.82, 2.24) is 4.57 Å². The van der Waals surface area contributed by atoms with Crippen LogP contribution in [0, 0.1) is 10.1 Å². The Bertz CT molecular complexity index is 929. The Kier molecular flexibility index (Phi) is 4.74. The second kappa shape index (κ2) is 7.12. The van der Waals surface area contributed by atoms with E-state index in [9.17, 15) is 15.2 Å². The third kappa shape index (κ3) is 3.35. The standard InChI is InChI=1S/C18H18N4O3/c1-2-3-12-21-16-7-5-4-6-15(16)17(18(21)23)20-19-13-8-10-14(11-9-13)22(24)25/h4-11,23H,2-3,12H2,1H3. The number of fused-ring (bicyclic) bond motifs is 1. The number of aromatic nitrogens is 1. The molecule has 0 spiro atoms. The third-order valence-electron chi connectivity index (χ3n) is 3.98. The summed E-state index contributed by atoms with van der Waals surface area (Å²) in [6, 6.07) is 13.4. The Balaban J connectivity index is 1.97. The smallest absolute Gasteiger partial charge is 0.269 e. The maximum Gasteiger partial charge on any atom is 0.269 e. The summed E-state index contributed by atoms with van der Waals surface area (Å²) in [6.07, 6.45) is 1.97. The predicted octanol–water partition coefficient (Wildman–Crippen LogP) is 5.47. The van der Waals surface area contributed by atoms with E-state index < -0.39 is 4.92 Å². The van der Waals surface area contributed by atoms with E-state index in [0.29, 0.717) is 17.9 Å². The zero-order valence-corrected chi connectivity index (χ0v) is 13.8. The molecule has 0 radical (unpaired) electrons. The van der Waals surface area contributed by atoms with Gasteiger partial charge in [0, 0.05) is 24.1 Å². The minimum atomic E-state index is -0.464. The van der Waals surface area contributed by atoms with Crippen LogP contribution < -0.4 is 0 Å². The first-order chi connectivity index (χ1) is 12.1. The maximum atomic E-state index is 10.7. The molecular formula is C18H18N4O3. The quantitative estimate of drug-likeness (QED) is 0.367. The van der Waals surface area contributed by atoms with Gasteiger partial charge in [0.05, 0.1) is 16.1 Å². The fraction of sp³-hybridized carbons (Fsp3) is 0.222. The molecule has 1 aromatic heterocycles. The van der Waals surface area contributed by atoms with Crippen LogP contribution >= 0.6 is 0 Å². The summed E-state index contributed by atoms with van der Waals surface area (Å²) in [4.78, 5) is 10.2. The fourth-order valence-electron chi connectivity index (χ4n) is 2.66. The number of hydrogen-bond acceptors (Lipinski definition) is 5. The molecule has 7 heteroatoms. The predicted molar refractivity (Wildman–Crippen MR) is 95.8 cm³/mol. The van der Waals surface area contributed by atoms with Crippen LogP contribution in [-0.2, 0) is 6.54 Å². The number of para-hydroxylation sites is 1. The van der Waals surface area contributed by atoms with Crippen molar-refractivity contribution in [2.75, 3.05) is 0 Å². The largest absolute Gasteiger partial charge is 0.493 e. The zero-order valence-electron chi connectivity index (χ0n) is 13.8. The first-order valence-corrected chi connectivity index (χ1v) is 8.08. The molecule has 0 aliphatic carbocycles. The molecule has 3 rings (SSSR count). The van der Waals surface area contributed by atoms with Gasteiger partial charge in [-0.3, -0.25) is 10.1 Å². The van der Waals surface area contributed by atoms with Crippen molar-refractivity contribution in [3.63, 3.8) is 0 Å². The lowest BCUT2D eigenvalue weighted by molar-refractivity contribution is -0.384. The van der Waals surface area contributed by atoms with Crippen molar-refractivity contribution in [2.24, 2.45) is 10.2 Å². The maximum absolute atomic E-state index is 10.7. The SMILES string of the molecule is CCCCn1c(O)c(N=Nc2ccc([N+](=O)[O-])cc2)c2ccccc21. The van der Waals surface area contributed by atoms with Crippen LogP contribution in [0.4, 0.5) is 17.1 Å². The van der Waals surface area contributed by atoms with E-state index in [-0.39, 0.29) is 11.6 Å². The van der Waals surface area contributed by atoms with Gasteiger partial charge in [-0.25, -0.2) is 0 Å². The van der Waals surface area contributed by atoms with Gasteiger partial charge < -0.3 is 9.67 Å². The van der Waals surface area contributed by atoms with E-state index in [1.54, 1.807) is 0 Å². The highest BCUT2D eigenvalue weighted by Gasteiger charge is 2.15. The molecule has 0 aliphatic rings. The lowest BCUT2D eigenvalue weighted by Gasteiger charge is -2.05. The van der Waals surface area contributed by atoms with Crippen molar-refractivity contribution < 1.29 is 10.0 Å². The number of benzene rings is 2. The molecule has 0 aliphatic heterocycles. The van der Waals surface area contributed by atoms with Gasteiger partial charge in [-0.1, -0.05) is 31.5 Å². The molecule has 0 saturated carbocycles. The van der Waals surface area contributed by atoms with Gasteiger partial charge in [-0.05, 0) is 24.6 Å². The molecule has 0 atom stereocenters. The van der Waals surface area contributed by atoms with Gasteiger partial charge in [-0.2, -0.15) is 5.11 Å². The highest BCUT2D eigenvalue weighted by molar-refractivity contribution is 5.95. The average Bonchev–Trinajstić information content (AvgIpc) is 2.89. The number of aryl methyl sites for hydroxylation is 1. The molecule has 25 heavy (non-hydrogen) atoms. The van der Waals surface area contributed by atoms with Crippen LogP contribution in [0.3, 0.4) is 0 Å². The third-order valence-corrected chi connectivity index (χ3v) is 3.98. The van der Waals surface area contributed by atoms with Gasteiger partial charge >= 0.3 is 0 Å². The molecule has 1 heterocycles. The average molecular weight is 338 g/mol. The highest BCUT2D eigenvalue weighted by Crippen LogP contribution is 2.39. The Hall–Kier alpha value is -3.22. The van der Waals surface area contributed by atoms with Gasteiger partial charge in [0.1, 0.15) is 0 Å². The minimum absolute atomic E-state index is 0.00188. The van der Waals surface area contributed by atoms with E-state index in [4.69, 9.17) is 0 Å². The molecule has 0 unspecified atom stereocenters. The zero-order chi connectivity index (χ0) is 17.8. The lowest BCUT2D eigenvalue weighted by Crippen LogP contribution is -1.96. The molecule has 128 valence electrons. The Labute approximate surface area is 144 Å². The molecule has 0 amide bonds. The van der Waals surface area contributed by atoms with Crippen molar-refractivity contribution in [3.05, 3.63) is 58.6 Å². The Morgan fingerprint density at radius 3 is 2.52 bits per heavy atom. The van der Waals surface area contributed by atoms with Crippen LogP contribution in [0.25, 0.3) is 10.9 Å². The molecule has 2 aromatic carbocycles. The lowest BCUT2D eigenvalue weighted by atomic mass is 10.2. The Morgan fingerprint density at radius 2 is 1.84 bits per heavy atom. The number of unbranched alkanes of at least 4 members (excludes halogenated alkanes) is 1. The van der Waals surface area contributed by atoms with Crippen LogP contribution in [0.2, 0.25) is 0 Å². The van der Waals surface area contributed by atoms with E-state index in [0.717, 1.165) is 23.7 Å². The monoisotopic (exact) mass is 338 g/mol. The summed E-state index contributed by atoms with van der Waals surface area (Å²) in [5, 5.41) is 30.4. The van der Waals surface area contributed by atoms with E-state index in [1.807, 2.05) is 28.8 Å². The van der Waals surface area contributed by atoms with Crippen molar-refractivity contribution in [3.8, 4) is 5.88 Å². The van der Waals surface area contributed by atoms with Crippen molar-refractivity contribution >= 4 is 28.0 Å². The minimum Gasteiger partial charge on any atom is -0.493 e. The summed E-state index contributed by atoms with van der Waals surface area (Å²) in [5.41, 5.74) is 1.80. The molecule has 3 aromatic rings. The molecule has 0 fully saturated rings. The second-order valence-electron chi connectivity index (χ2n) is 5.67. The number of nitrogens with zero attached hydrogens (tertiary/aromatic N) is 4. The van der Waals surface area contributed by atoms with Crippen LogP contribution in [0.1, 0.15) is 19.8 Å². The fourth-order valence-corrected chi connectivity index (χ4v) is 2.66. The van der Waals surface area contributed by atoms with Crippen molar-refractivity contribution in [1.29, 1.82) is 0 Å². The first kappa shape index (κ1) is 16.6. The summed E-state index contributed by atoms with van der Waals surface area (Å²) in [7, 11) is 0. The number of rotatable bonds is 6. The number of nitro groups is 1. The van der Waals surface area contributed by atoms with Gasteiger partial charge in [0.2, 0.25) is 5.88 Å². The van der Waals surface area contributed by atoms with Gasteiger partial charge in [0.25, 0.3) is 5.69 Å². The molecule has 0 bridgehead atoms. The van der Waals surface area contributed by atoms with E-state index in [2.05, 4.69) is 17.2 Å². The van der Waals surface area contributed by atoms with Crippen molar-refractivity contribution in [2.45, 2.75) is 26.3 Å². The highest BCUT2D eigenvalue weighted by atomic mass is 16.6. The first-order valence-electron chi connectivity index (χ1n) is 8.08. The molecule has 7 nitrogen and oxygen atoms in total. The summed E-state index contributed by atoms with van der Waals surface area (Å²) < 4.78 is 1.84. The summed E-state index contributed by atoms with van der Waals surface area (Å²) in [6.45, 7) is 2.80. The number of nitro benzene ring substituents is 1.